The minimum absolute atomic E-state index is 0.238. The zero-order valence-electron chi connectivity index (χ0n) is 11.2. The van der Waals surface area contributed by atoms with Gasteiger partial charge < -0.3 is 15.5 Å². The van der Waals surface area contributed by atoms with Crippen LogP contribution in [0.15, 0.2) is 18.2 Å². The fraction of sp³-hybridized carbons (Fsp3) is 0.600. The Balaban J connectivity index is 1.85. The van der Waals surface area contributed by atoms with Gasteiger partial charge in [-0.15, -0.1) is 0 Å². The van der Waals surface area contributed by atoms with Crippen molar-refractivity contribution in [3.05, 3.63) is 23.8 Å². The lowest BCUT2D eigenvalue weighted by molar-refractivity contribution is 0.158. The molecule has 1 aromatic carbocycles. The second kappa shape index (κ2) is 5.39. The number of aromatic hydroxyl groups is 2. The molecule has 4 nitrogen and oxygen atoms in total. The number of phenolic OH excluding ortho intramolecular Hbond substituents is 2. The molecule has 1 aliphatic carbocycles. The standard InChI is InChI=1S/C15H22N2O2/c18-12-3-4-15(19)13(10-12)14(9-11-1-2-11)17-7-5-16-6-8-17/h3-4,10-11,14,16,18-19H,1-2,5-9H2/t14-/m0/s1. The van der Waals surface area contributed by atoms with Crippen LogP contribution in [0.2, 0.25) is 0 Å². The number of nitrogens with zero attached hydrogens (tertiary/aromatic N) is 1. The quantitative estimate of drug-likeness (QED) is 0.725. The van der Waals surface area contributed by atoms with E-state index in [1.807, 2.05) is 0 Å². The van der Waals surface area contributed by atoms with Crippen molar-refractivity contribution in [1.82, 2.24) is 10.2 Å². The molecule has 1 aromatic rings. The largest absolute Gasteiger partial charge is 0.508 e. The van der Waals surface area contributed by atoms with E-state index in [2.05, 4.69) is 10.2 Å². The maximum atomic E-state index is 10.1. The first-order valence-corrected chi connectivity index (χ1v) is 7.20. The molecule has 104 valence electrons. The first-order chi connectivity index (χ1) is 9.24. The van der Waals surface area contributed by atoms with E-state index in [-0.39, 0.29) is 11.8 Å². The molecule has 0 unspecified atom stereocenters. The van der Waals surface area contributed by atoms with E-state index in [1.54, 1.807) is 18.2 Å². The Labute approximate surface area is 114 Å². The van der Waals surface area contributed by atoms with Gasteiger partial charge in [0.25, 0.3) is 0 Å². The van der Waals surface area contributed by atoms with Gasteiger partial charge >= 0.3 is 0 Å². The van der Waals surface area contributed by atoms with E-state index in [0.29, 0.717) is 5.75 Å². The van der Waals surface area contributed by atoms with Crippen LogP contribution in [0.4, 0.5) is 0 Å². The van der Waals surface area contributed by atoms with Crippen molar-refractivity contribution < 1.29 is 10.2 Å². The first-order valence-electron chi connectivity index (χ1n) is 7.20. The summed E-state index contributed by atoms with van der Waals surface area (Å²) in [6.07, 6.45) is 3.71. The lowest BCUT2D eigenvalue weighted by Gasteiger charge is -2.35. The maximum Gasteiger partial charge on any atom is 0.120 e. The van der Waals surface area contributed by atoms with E-state index in [9.17, 15) is 10.2 Å². The van der Waals surface area contributed by atoms with E-state index >= 15 is 0 Å². The van der Waals surface area contributed by atoms with Gasteiger partial charge in [0.1, 0.15) is 11.5 Å². The van der Waals surface area contributed by atoms with E-state index in [0.717, 1.165) is 44.1 Å². The van der Waals surface area contributed by atoms with E-state index in [1.165, 1.54) is 12.8 Å². The zero-order valence-corrected chi connectivity index (χ0v) is 11.2. The highest BCUT2D eigenvalue weighted by atomic mass is 16.3. The highest BCUT2D eigenvalue weighted by Gasteiger charge is 2.31. The van der Waals surface area contributed by atoms with Gasteiger partial charge in [0.2, 0.25) is 0 Å². The summed E-state index contributed by atoms with van der Waals surface area (Å²) >= 11 is 0. The molecule has 3 rings (SSSR count). The van der Waals surface area contributed by atoms with Crippen molar-refractivity contribution in [2.75, 3.05) is 26.2 Å². The molecular formula is C15H22N2O2. The lowest BCUT2D eigenvalue weighted by atomic mass is 9.97. The topological polar surface area (TPSA) is 55.7 Å². The highest BCUT2D eigenvalue weighted by molar-refractivity contribution is 5.41. The molecule has 0 amide bonds. The van der Waals surface area contributed by atoms with Crippen molar-refractivity contribution in [3.8, 4) is 11.5 Å². The number of nitrogens with one attached hydrogen (secondary N) is 1. The third kappa shape index (κ3) is 3.01. The van der Waals surface area contributed by atoms with E-state index in [4.69, 9.17) is 0 Å². The smallest absolute Gasteiger partial charge is 0.120 e. The van der Waals surface area contributed by atoms with Gasteiger partial charge in [0, 0.05) is 37.8 Å². The van der Waals surface area contributed by atoms with Crippen LogP contribution in [0.3, 0.4) is 0 Å². The summed E-state index contributed by atoms with van der Waals surface area (Å²) in [5, 5.41) is 23.2. The molecule has 0 aromatic heterocycles. The summed E-state index contributed by atoms with van der Waals surface area (Å²) in [6, 6.07) is 5.11. The maximum absolute atomic E-state index is 10.1. The molecule has 1 atom stereocenters. The van der Waals surface area contributed by atoms with Crippen LogP contribution in [0.25, 0.3) is 0 Å². The molecule has 0 bridgehead atoms. The van der Waals surface area contributed by atoms with Crippen molar-refractivity contribution in [2.45, 2.75) is 25.3 Å². The molecule has 4 heteroatoms. The van der Waals surface area contributed by atoms with Crippen LogP contribution in [-0.2, 0) is 0 Å². The van der Waals surface area contributed by atoms with Gasteiger partial charge in [-0.25, -0.2) is 0 Å². The number of phenols is 2. The van der Waals surface area contributed by atoms with Gasteiger partial charge in [-0.1, -0.05) is 12.8 Å². The van der Waals surface area contributed by atoms with Crippen molar-refractivity contribution >= 4 is 0 Å². The van der Waals surface area contributed by atoms with Gasteiger partial charge in [-0.2, -0.15) is 0 Å². The van der Waals surface area contributed by atoms with Crippen LogP contribution in [-0.4, -0.2) is 41.3 Å². The molecule has 2 aliphatic rings. The number of benzene rings is 1. The molecule has 2 fully saturated rings. The second-order valence-corrected chi connectivity index (χ2v) is 5.72. The fourth-order valence-electron chi connectivity index (χ4n) is 2.94. The first kappa shape index (κ1) is 12.8. The Kier molecular flexibility index (Phi) is 3.62. The summed E-state index contributed by atoms with van der Waals surface area (Å²) in [6.45, 7) is 4.01. The van der Waals surface area contributed by atoms with Gasteiger partial charge in [-0.3, -0.25) is 4.90 Å². The molecule has 1 aliphatic heterocycles. The van der Waals surface area contributed by atoms with Gasteiger partial charge in [0.05, 0.1) is 0 Å². The molecule has 1 heterocycles. The van der Waals surface area contributed by atoms with Crippen LogP contribution < -0.4 is 5.32 Å². The van der Waals surface area contributed by atoms with Crippen LogP contribution in [0.5, 0.6) is 11.5 Å². The summed E-state index contributed by atoms with van der Waals surface area (Å²) in [5.41, 5.74) is 0.883. The Bertz CT molecular complexity index is 440. The van der Waals surface area contributed by atoms with Gasteiger partial charge in [-0.05, 0) is 30.5 Å². The normalized spacial score (nSPS) is 22.3. The third-order valence-corrected chi connectivity index (χ3v) is 4.22. The summed E-state index contributed by atoms with van der Waals surface area (Å²) in [7, 11) is 0. The molecule has 1 saturated carbocycles. The fourth-order valence-corrected chi connectivity index (χ4v) is 2.94. The predicted molar refractivity (Wildman–Crippen MR) is 74.3 cm³/mol. The van der Waals surface area contributed by atoms with Gasteiger partial charge in [0.15, 0.2) is 0 Å². The number of rotatable bonds is 4. The Morgan fingerprint density at radius 3 is 2.63 bits per heavy atom. The van der Waals surface area contributed by atoms with E-state index < -0.39 is 0 Å². The Morgan fingerprint density at radius 1 is 1.21 bits per heavy atom. The second-order valence-electron chi connectivity index (χ2n) is 5.72. The van der Waals surface area contributed by atoms with Crippen molar-refractivity contribution in [3.63, 3.8) is 0 Å². The van der Waals surface area contributed by atoms with Crippen LogP contribution in [0.1, 0.15) is 30.9 Å². The predicted octanol–water partition coefficient (Wildman–Crippen LogP) is 1.84. The number of hydrogen-bond donors (Lipinski definition) is 3. The summed E-state index contributed by atoms with van der Waals surface area (Å²) < 4.78 is 0. The highest BCUT2D eigenvalue weighted by Crippen LogP contribution is 2.42. The minimum atomic E-state index is 0.238. The minimum Gasteiger partial charge on any atom is -0.508 e. The lowest BCUT2D eigenvalue weighted by Crippen LogP contribution is -2.45. The Morgan fingerprint density at radius 2 is 1.95 bits per heavy atom. The number of piperazine rings is 1. The molecule has 19 heavy (non-hydrogen) atoms. The summed E-state index contributed by atoms with van der Waals surface area (Å²) in [5.74, 6) is 1.34. The average molecular weight is 262 g/mol. The van der Waals surface area contributed by atoms with Crippen molar-refractivity contribution in [1.29, 1.82) is 0 Å². The monoisotopic (exact) mass is 262 g/mol. The van der Waals surface area contributed by atoms with Crippen molar-refractivity contribution in [2.24, 2.45) is 5.92 Å². The average Bonchev–Trinajstić information content (AvgIpc) is 3.24. The van der Waals surface area contributed by atoms with Crippen LogP contribution in [0, 0.1) is 5.92 Å². The zero-order chi connectivity index (χ0) is 13.2. The molecule has 3 N–H and O–H groups in total. The third-order valence-electron chi connectivity index (χ3n) is 4.22. The SMILES string of the molecule is Oc1ccc(O)c([C@H](CC2CC2)N2CCNCC2)c1. The molecule has 0 radical (unpaired) electrons. The number of hydrogen-bond acceptors (Lipinski definition) is 4. The summed E-state index contributed by atoms with van der Waals surface area (Å²) in [4.78, 5) is 2.43. The Hall–Kier alpha value is -1.26. The van der Waals surface area contributed by atoms with Crippen LogP contribution >= 0.6 is 0 Å². The molecule has 0 spiro atoms. The molecule has 1 saturated heterocycles. The molecular weight excluding hydrogens is 240 g/mol.